The molecule has 0 amide bonds. The summed E-state index contributed by atoms with van der Waals surface area (Å²) < 4.78 is 1.77. The second kappa shape index (κ2) is 9.55. The van der Waals surface area contributed by atoms with Crippen LogP contribution >= 0.6 is 0 Å². The number of aromatic nitrogens is 4. The van der Waals surface area contributed by atoms with Crippen molar-refractivity contribution in [3.8, 4) is 0 Å². The predicted octanol–water partition coefficient (Wildman–Crippen LogP) is 5.73. The molecule has 5 heteroatoms. The zero-order valence-electron chi connectivity index (χ0n) is 17.1. The van der Waals surface area contributed by atoms with Crippen LogP contribution in [0.3, 0.4) is 0 Å². The first-order chi connectivity index (χ1) is 14.2. The average molecular weight is 383 g/mol. The van der Waals surface area contributed by atoms with Crippen molar-refractivity contribution in [1.82, 2.24) is 19.6 Å². The van der Waals surface area contributed by atoms with Crippen LogP contribution in [0.15, 0.2) is 89.9 Å². The molecule has 0 aliphatic carbocycles. The third kappa shape index (κ3) is 4.82. The molecule has 0 atom stereocenters. The van der Waals surface area contributed by atoms with Crippen LogP contribution in [-0.2, 0) is 0 Å². The van der Waals surface area contributed by atoms with E-state index in [4.69, 9.17) is 4.99 Å². The molecular formula is C24H25N5. The van der Waals surface area contributed by atoms with E-state index in [0.717, 1.165) is 40.0 Å². The third-order valence-corrected chi connectivity index (χ3v) is 4.29. The number of hydrogen-bond donors (Lipinski definition) is 0. The van der Waals surface area contributed by atoms with Gasteiger partial charge in [0.2, 0.25) is 0 Å². The minimum atomic E-state index is 0.619. The lowest BCUT2D eigenvalue weighted by Crippen LogP contribution is -1.91. The largest absolute Gasteiger partial charge is 0.256 e. The second-order valence-corrected chi connectivity index (χ2v) is 6.44. The predicted molar refractivity (Wildman–Crippen MR) is 122 cm³/mol. The summed E-state index contributed by atoms with van der Waals surface area (Å²) >= 11 is 0. The first-order valence-electron chi connectivity index (χ1n) is 9.65. The molecule has 3 aromatic rings. The molecule has 0 aromatic carbocycles. The van der Waals surface area contributed by atoms with Gasteiger partial charge < -0.3 is 0 Å². The molecule has 5 nitrogen and oxygen atoms in total. The number of allylic oxidation sites excluding steroid dienone is 7. The van der Waals surface area contributed by atoms with Crippen molar-refractivity contribution in [3.63, 3.8) is 0 Å². The number of fused-ring (bicyclic) bond motifs is 3. The highest BCUT2D eigenvalue weighted by Gasteiger charge is 2.06. The summed E-state index contributed by atoms with van der Waals surface area (Å²) in [5, 5.41) is 5.52. The van der Waals surface area contributed by atoms with E-state index in [1.54, 1.807) is 16.8 Å². The fourth-order valence-corrected chi connectivity index (χ4v) is 2.88. The molecule has 0 unspecified atom stereocenters. The fraction of sp³-hybridized carbons (Fsp3) is 0.167. The van der Waals surface area contributed by atoms with E-state index in [-0.39, 0.29) is 0 Å². The molecule has 146 valence electrons. The van der Waals surface area contributed by atoms with E-state index < -0.39 is 0 Å². The molecule has 3 heterocycles. The lowest BCUT2D eigenvalue weighted by molar-refractivity contribution is 0.957. The second-order valence-electron chi connectivity index (χ2n) is 6.44. The van der Waals surface area contributed by atoms with Crippen molar-refractivity contribution in [3.05, 3.63) is 90.7 Å². The summed E-state index contributed by atoms with van der Waals surface area (Å²) in [5.74, 6) is 0.619. The van der Waals surface area contributed by atoms with E-state index in [2.05, 4.69) is 34.6 Å². The highest BCUT2D eigenvalue weighted by molar-refractivity contribution is 6.07. The molecule has 0 spiro atoms. The van der Waals surface area contributed by atoms with E-state index in [9.17, 15) is 0 Å². The Kier molecular flexibility index (Phi) is 6.63. The standard InChI is InChI=1S/C24H25N5/c1-5-8-11-19(26-21(7-3)18(4)10-6-2)13-14-23-27-24-20-12-9-16-25-22(20)15-17-29(24)28-23/h6-17H,3,5H2,1-2,4H3/b10-6-,11-8-,14-13+,21-18+,26-19?. The number of nitrogens with zero attached hydrogens (tertiary/aromatic N) is 5. The Labute approximate surface area is 171 Å². The molecule has 0 saturated heterocycles. The quantitative estimate of drug-likeness (QED) is 0.386. The Hall–Kier alpha value is -3.60. The fourth-order valence-electron chi connectivity index (χ4n) is 2.88. The van der Waals surface area contributed by atoms with Gasteiger partial charge in [-0.2, -0.15) is 0 Å². The van der Waals surface area contributed by atoms with Crippen LogP contribution in [0.2, 0.25) is 0 Å². The van der Waals surface area contributed by atoms with Crippen molar-refractivity contribution >= 4 is 28.3 Å². The highest BCUT2D eigenvalue weighted by Crippen LogP contribution is 2.16. The molecule has 0 bridgehead atoms. The zero-order chi connectivity index (χ0) is 20.6. The molecular weight excluding hydrogens is 358 g/mol. The number of hydrogen-bond acceptors (Lipinski definition) is 4. The van der Waals surface area contributed by atoms with Gasteiger partial charge in [-0.1, -0.05) is 31.7 Å². The molecule has 0 saturated carbocycles. The Morgan fingerprint density at radius 3 is 2.86 bits per heavy atom. The van der Waals surface area contributed by atoms with Crippen molar-refractivity contribution < 1.29 is 0 Å². The smallest absolute Gasteiger partial charge is 0.175 e. The first-order valence-corrected chi connectivity index (χ1v) is 9.65. The van der Waals surface area contributed by atoms with Crippen molar-refractivity contribution in [2.24, 2.45) is 4.99 Å². The van der Waals surface area contributed by atoms with Gasteiger partial charge in [0.15, 0.2) is 11.5 Å². The zero-order valence-corrected chi connectivity index (χ0v) is 17.1. The van der Waals surface area contributed by atoms with Crippen LogP contribution in [0.25, 0.3) is 22.6 Å². The molecule has 29 heavy (non-hydrogen) atoms. The van der Waals surface area contributed by atoms with Crippen molar-refractivity contribution in [2.45, 2.75) is 27.2 Å². The minimum Gasteiger partial charge on any atom is -0.256 e. The lowest BCUT2D eigenvalue weighted by atomic mass is 10.2. The van der Waals surface area contributed by atoms with Crippen LogP contribution in [0.5, 0.6) is 0 Å². The maximum atomic E-state index is 4.75. The van der Waals surface area contributed by atoms with Gasteiger partial charge in [-0.05, 0) is 68.3 Å². The normalized spacial score (nSPS) is 14.0. The monoisotopic (exact) mass is 383 g/mol. The average Bonchev–Trinajstić information content (AvgIpc) is 3.17. The van der Waals surface area contributed by atoms with Crippen LogP contribution in [0.4, 0.5) is 0 Å². The minimum absolute atomic E-state index is 0.619. The molecule has 0 N–H and O–H groups in total. The number of pyridine rings is 2. The van der Waals surface area contributed by atoms with Gasteiger partial charge in [0.1, 0.15) is 0 Å². The van der Waals surface area contributed by atoms with Crippen LogP contribution in [0.1, 0.15) is 33.0 Å². The summed E-state index contributed by atoms with van der Waals surface area (Å²) in [4.78, 5) is 13.8. The summed E-state index contributed by atoms with van der Waals surface area (Å²) in [6.45, 7) is 9.99. The van der Waals surface area contributed by atoms with Crippen LogP contribution in [-0.4, -0.2) is 25.3 Å². The molecule has 0 radical (unpaired) electrons. The van der Waals surface area contributed by atoms with Crippen LogP contribution in [0, 0.1) is 0 Å². The van der Waals surface area contributed by atoms with Gasteiger partial charge >= 0.3 is 0 Å². The summed E-state index contributed by atoms with van der Waals surface area (Å²) in [7, 11) is 0. The SMILES string of the molecule is C=C/C(N=C(/C=C\CC)/C=C/c1nc2c3cccnc3ccn2n1)=C(C)\C=C/C. The molecule has 3 aromatic heterocycles. The van der Waals surface area contributed by atoms with E-state index >= 15 is 0 Å². The Morgan fingerprint density at radius 2 is 2.10 bits per heavy atom. The van der Waals surface area contributed by atoms with Crippen LogP contribution < -0.4 is 0 Å². The topological polar surface area (TPSA) is 55.4 Å². The Morgan fingerprint density at radius 1 is 1.24 bits per heavy atom. The van der Waals surface area contributed by atoms with E-state index in [0.29, 0.717) is 5.82 Å². The Balaban J connectivity index is 2.00. The van der Waals surface area contributed by atoms with E-state index in [1.807, 2.05) is 68.6 Å². The van der Waals surface area contributed by atoms with Gasteiger partial charge in [-0.25, -0.2) is 14.5 Å². The van der Waals surface area contributed by atoms with Gasteiger partial charge in [0.05, 0.1) is 16.9 Å². The maximum absolute atomic E-state index is 4.75. The van der Waals surface area contributed by atoms with E-state index in [1.165, 1.54) is 0 Å². The van der Waals surface area contributed by atoms with Gasteiger partial charge in [-0.3, -0.25) is 4.98 Å². The van der Waals surface area contributed by atoms with Gasteiger partial charge in [-0.15, -0.1) is 5.10 Å². The summed E-state index contributed by atoms with van der Waals surface area (Å²) in [5.41, 5.74) is 4.40. The molecule has 0 aliphatic heterocycles. The third-order valence-electron chi connectivity index (χ3n) is 4.29. The Bertz CT molecular complexity index is 1170. The maximum Gasteiger partial charge on any atom is 0.175 e. The summed E-state index contributed by atoms with van der Waals surface area (Å²) in [6, 6.07) is 5.84. The van der Waals surface area contributed by atoms with Gasteiger partial charge in [0, 0.05) is 17.8 Å². The highest BCUT2D eigenvalue weighted by atomic mass is 15.3. The summed E-state index contributed by atoms with van der Waals surface area (Å²) in [6.07, 6.45) is 18.2. The number of aliphatic imine (C=N–C) groups is 1. The number of rotatable bonds is 7. The van der Waals surface area contributed by atoms with Crippen molar-refractivity contribution in [2.75, 3.05) is 0 Å². The first kappa shape index (κ1) is 20.1. The van der Waals surface area contributed by atoms with Crippen molar-refractivity contribution in [1.29, 1.82) is 0 Å². The lowest BCUT2D eigenvalue weighted by Gasteiger charge is -2.00. The molecule has 3 rings (SSSR count). The molecule has 0 fully saturated rings. The molecule has 0 aliphatic rings. The van der Waals surface area contributed by atoms with Gasteiger partial charge in [0.25, 0.3) is 0 Å².